The van der Waals surface area contributed by atoms with E-state index < -0.39 is 5.91 Å². The minimum absolute atomic E-state index is 0.182. The molecule has 0 radical (unpaired) electrons. The van der Waals surface area contributed by atoms with E-state index in [2.05, 4.69) is 16.2 Å². The molecule has 0 saturated carbocycles. The van der Waals surface area contributed by atoms with Crippen LogP contribution in [0.15, 0.2) is 36.4 Å². The number of benzene rings is 2. The molecule has 0 heterocycles. The summed E-state index contributed by atoms with van der Waals surface area (Å²) in [6, 6.07) is 10.8. The average molecular weight is 432 g/mol. The highest BCUT2D eigenvalue weighted by atomic mass is 35.5. The molecular formula is C22H26ClN3O4. The lowest BCUT2D eigenvalue weighted by atomic mass is 10.1. The molecule has 0 saturated heterocycles. The molecule has 0 unspecified atom stereocenters. The van der Waals surface area contributed by atoms with Crippen molar-refractivity contribution in [3.63, 3.8) is 0 Å². The Hall–Kier alpha value is -3.06. The quantitative estimate of drug-likeness (QED) is 0.442. The highest BCUT2D eigenvalue weighted by molar-refractivity contribution is 6.30. The van der Waals surface area contributed by atoms with Gasteiger partial charge in [0.25, 0.3) is 11.8 Å². The van der Waals surface area contributed by atoms with Crippen molar-refractivity contribution in [2.24, 2.45) is 0 Å². The van der Waals surface area contributed by atoms with Gasteiger partial charge in [-0.1, -0.05) is 28.8 Å². The van der Waals surface area contributed by atoms with Crippen LogP contribution in [0.4, 0.5) is 0 Å². The van der Waals surface area contributed by atoms with E-state index in [1.165, 1.54) is 0 Å². The van der Waals surface area contributed by atoms with Crippen LogP contribution >= 0.6 is 11.6 Å². The van der Waals surface area contributed by atoms with E-state index in [1.54, 1.807) is 30.3 Å². The van der Waals surface area contributed by atoms with Gasteiger partial charge in [0.05, 0.1) is 13.2 Å². The van der Waals surface area contributed by atoms with Gasteiger partial charge in [-0.15, -0.1) is 0 Å². The highest BCUT2D eigenvalue weighted by Gasteiger charge is 2.10. The van der Waals surface area contributed by atoms with Gasteiger partial charge in [0, 0.05) is 17.0 Å². The molecule has 7 nitrogen and oxygen atoms in total. The lowest BCUT2D eigenvalue weighted by Gasteiger charge is -2.10. The van der Waals surface area contributed by atoms with E-state index in [9.17, 15) is 14.4 Å². The first-order valence-corrected chi connectivity index (χ1v) is 9.95. The number of amides is 3. The van der Waals surface area contributed by atoms with Gasteiger partial charge in [0.15, 0.2) is 0 Å². The summed E-state index contributed by atoms with van der Waals surface area (Å²) >= 11 is 5.90. The number of ether oxygens (including phenoxy) is 1. The second-order valence-electron chi connectivity index (χ2n) is 7.02. The van der Waals surface area contributed by atoms with Crippen LogP contribution in [0.5, 0.6) is 5.75 Å². The minimum atomic E-state index is -0.519. The fourth-order valence-electron chi connectivity index (χ4n) is 2.80. The molecule has 160 valence electrons. The SMILES string of the molecule is Cc1cc(C)cc(C(=O)NCC(=O)NNC(=O)CCCOc2ccc(Cl)cc2C)c1. The number of nitrogens with one attached hydrogen (secondary N) is 3. The normalized spacial score (nSPS) is 10.3. The van der Waals surface area contributed by atoms with E-state index in [4.69, 9.17) is 16.3 Å². The first-order valence-electron chi connectivity index (χ1n) is 9.57. The van der Waals surface area contributed by atoms with Crippen molar-refractivity contribution in [3.8, 4) is 5.75 Å². The van der Waals surface area contributed by atoms with Crippen LogP contribution in [-0.4, -0.2) is 30.9 Å². The van der Waals surface area contributed by atoms with Gasteiger partial charge >= 0.3 is 0 Å². The lowest BCUT2D eigenvalue weighted by molar-refractivity contribution is -0.128. The largest absolute Gasteiger partial charge is 0.493 e. The highest BCUT2D eigenvalue weighted by Crippen LogP contribution is 2.21. The number of halogens is 1. The first kappa shape index (κ1) is 23.2. The van der Waals surface area contributed by atoms with Crippen LogP contribution in [0.1, 0.15) is 39.9 Å². The topological polar surface area (TPSA) is 96.5 Å². The van der Waals surface area contributed by atoms with Crippen molar-refractivity contribution in [1.82, 2.24) is 16.2 Å². The van der Waals surface area contributed by atoms with Gasteiger partial charge in [0.2, 0.25) is 5.91 Å². The molecule has 2 aromatic carbocycles. The summed E-state index contributed by atoms with van der Waals surface area (Å²) in [6.45, 7) is 5.80. The minimum Gasteiger partial charge on any atom is -0.493 e. The predicted molar refractivity (Wildman–Crippen MR) is 115 cm³/mol. The third-order valence-electron chi connectivity index (χ3n) is 4.18. The number of rotatable bonds is 8. The molecule has 0 spiro atoms. The zero-order valence-electron chi connectivity index (χ0n) is 17.3. The summed E-state index contributed by atoms with van der Waals surface area (Å²) in [6.07, 6.45) is 0.662. The summed E-state index contributed by atoms with van der Waals surface area (Å²) in [5.41, 5.74) is 7.93. The smallest absolute Gasteiger partial charge is 0.257 e. The van der Waals surface area contributed by atoms with Gasteiger partial charge < -0.3 is 10.1 Å². The van der Waals surface area contributed by atoms with Crippen molar-refractivity contribution < 1.29 is 19.1 Å². The van der Waals surface area contributed by atoms with Gasteiger partial charge in [-0.3, -0.25) is 25.2 Å². The maximum Gasteiger partial charge on any atom is 0.257 e. The molecule has 0 aliphatic carbocycles. The van der Waals surface area contributed by atoms with Crippen LogP contribution in [-0.2, 0) is 9.59 Å². The van der Waals surface area contributed by atoms with Gasteiger partial charge in [-0.25, -0.2) is 0 Å². The maximum absolute atomic E-state index is 12.1. The molecular weight excluding hydrogens is 406 g/mol. The van der Waals surface area contributed by atoms with Crippen LogP contribution in [0, 0.1) is 20.8 Å². The van der Waals surface area contributed by atoms with Crippen molar-refractivity contribution in [2.45, 2.75) is 33.6 Å². The van der Waals surface area contributed by atoms with Crippen molar-refractivity contribution in [1.29, 1.82) is 0 Å². The molecule has 0 fully saturated rings. The average Bonchev–Trinajstić information content (AvgIpc) is 2.68. The Morgan fingerprint density at radius 2 is 1.60 bits per heavy atom. The number of carbonyl (C=O) groups is 3. The zero-order valence-corrected chi connectivity index (χ0v) is 18.1. The summed E-state index contributed by atoms with van der Waals surface area (Å²) in [5.74, 6) is -0.500. The Balaban J connectivity index is 1.63. The lowest BCUT2D eigenvalue weighted by Crippen LogP contribution is -2.46. The molecule has 0 aromatic heterocycles. The molecule has 2 rings (SSSR count). The van der Waals surface area contributed by atoms with Crippen LogP contribution in [0.3, 0.4) is 0 Å². The van der Waals surface area contributed by atoms with Crippen molar-refractivity contribution >= 4 is 29.3 Å². The van der Waals surface area contributed by atoms with E-state index in [0.29, 0.717) is 29.4 Å². The Bertz CT molecular complexity index is 910. The number of hydrogen-bond donors (Lipinski definition) is 3. The van der Waals surface area contributed by atoms with Gasteiger partial charge in [-0.05, 0) is 63.1 Å². The van der Waals surface area contributed by atoms with Crippen LogP contribution in [0.2, 0.25) is 5.02 Å². The Kier molecular flexibility index (Phi) is 8.68. The summed E-state index contributed by atoms with van der Waals surface area (Å²) in [4.78, 5) is 35.8. The van der Waals surface area contributed by atoms with Crippen LogP contribution in [0.25, 0.3) is 0 Å². The summed E-state index contributed by atoms with van der Waals surface area (Å²) in [5, 5.41) is 3.16. The van der Waals surface area contributed by atoms with E-state index in [0.717, 1.165) is 16.7 Å². The molecule has 3 amide bonds. The van der Waals surface area contributed by atoms with E-state index in [-0.39, 0.29) is 24.8 Å². The maximum atomic E-state index is 12.1. The molecule has 30 heavy (non-hydrogen) atoms. The number of hydrogen-bond acceptors (Lipinski definition) is 4. The molecule has 0 bridgehead atoms. The second-order valence-corrected chi connectivity index (χ2v) is 7.45. The Labute approximate surface area is 181 Å². The number of carbonyl (C=O) groups excluding carboxylic acids is 3. The number of aryl methyl sites for hydroxylation is 3. The van der Waals surface area contributed by atoms with E-state index >= 15 is 0 Å². The third-order valence-corrected chi connectivity index (χ3v) is 4.41. The molecule has 0 atom stereocenters. The first-order chi connectivity index (χ1) is 14.2. The van der Waals surface area contributed by atoms with Crippen molar-refractivity contribution in [2.75, 3.05) is 13.2 Å². The standard InChI is InChI=1S/C22H26ClN3O4/c1-14-9-15(2)11-17(10-14)22(29)24-13-21(28)26-25-20(27)5-4-8-30-19-7-6-18(23)12-16(19)3/h6-7,9-12H,4-5,8,13H2,1-3H3,(H,24,29)(H,25,27)(H,26,28). The summed E-state index contributed by atoms with van der Waals surface area (Å²) in [7, 11) is 0. The predicted octanol–water partition coefficient (Wildman–Crippen LogP) is 3.00. The molecule has 3 N–H and O–H groups in total. The molecule has 0 aliphatic rings. The number of hydrazine groups is 1. The Morgan fingerprint density at radius 1 is 0.933 bits per heavy atom. The van der Waals surface area contributed by atoms with Gasteiger partial charge in [-0.2, -0.15) is 0 Å². The van der Waals surface area contributed by atoms with E-state index in [1.807, 2.05) is 26.8 Å². The monoisotopic (exact) mass is 431 g/mol. The second kappa shape index (κ2) is 11.2. The van der Waals surface area contributed by atoms with Crippen molar-refractivity contribution in [3.05, 3.63) is 63.7 Å². The Morgan fingerprint density at radius 3 is 2.27 bits per heavy atom. The third kappa shape index (κ3) is 7.75. The fourth-order valence-corrected chi connectivity index (χ4v) is 3.03. The zero-order chi connectivity index (χ0) is 22.1. The van der Waals surface area contributed by atoms with Crippen LogP contribution < -0.4 is 20.9 Å². The molecule has 2 aromatic rings. The molecule has 8 heteroatoms. The summed E-state index contributed by atoms with van der Waals surface area (Å²) < 4.78 is 5.62. The van der Waals surface area contributed by atoms with Gasteiger partial charge in [0.1, 0.15) is 5.75 Å². The fraction of sp³-hybridized carbons (Fsp3) is 0.318. The molecule has 0 aliphatic heterocycles.